The van der Waals surface area contributed by atoms with Crippen molar-refractivity contribution in [1.82, 2.24) is 10.6 Å². The maximum Gasteiger partial charge on any atom is 0.331 e. The van der Waals surface area contributed by atoms with Crippen molar-refractivity contribution in [2.45, 2.75) is 52.7 Å². The highest BCUT2D eigenvalue weighted by Crippen LogP contribution is 2.35. The van der Waals surface area contributed by atoms with E-state index in [9.17, 15) is 14.4 Å². The molecule has 0 saturated heterocycles. The number of rotatable bonds is 8. The van der Waals surface area contributed by atoms with Gasteiger partial charge in [-0.25, -0.2) is 9.59 Å². The van der Waals surface area contributed by atoms with E-state index in [1.807, 2.05) is 39.8 Å². The van der Waals surface area contributed by atoms with Crippen molar-refractivity contribution < 1.29 is 28.6 Å². The van der Waals surface area contributed by atoms with E-state index in [1.165, 1.54) is 6.08 Å². The van der Waals surface area contributed by atoms with Crippen LogP contribution in [0.25, 0.3) is 6.08 Å². The third-order valence-electron chi connectivity index (χ3n) is 4.32. The topological polar surface area (TPSA) is 103 Å². The summed E-state index contributed by atoms with van der Waals surface area (Å²) >= 11 is 0. The van der Waals surface area contributed by atoms with Crippen LogP contribution in [0.2, 0.25) is 0 Å². The molecule has 158 valence electrons. The third-order valence-corrected chi connectivity index (χ3v) is 4.32. The minimum atomic E-state index is -0.709. The molecule has 0 aromatic heterocycles. The first-order chi connectivity index (χ1) is 13.8. The molecule has 2 atom stereocenters. The van der Waals surface area contributed by atoms with Crippen LogP contribution in [0.5, 0.6) is 11.5 Å². The quantitative estimate of drug-likeness (QED) is 0.510. The van der Waals surface area contributed by atoms with Crippen LogP contribution in [0.4, 0.5) is 4.79 Å². The number of carbonyl (C=O) groups is 3. The Hall–Kier alpha value is -3.03. The summed E-state index contributed by atoms with van der Waals surface area (Å²) in [5.41, 5.74) is 1.74. The van der Waals surface area contributed by atoms with Gasteiger partial charge in [-0.15, -0.1) is 0 Å². The van der Waals surface area contributed by atoms with Crippen molar-refractivity contribution in [3.8, 4) is 11.5 Å². The van der Waals surface area contributed by atoms with Gasteiger partial charge in [0.1, 0.15) is 17.6 Å². The molecule has 2 rings (SSSR count). The van der Waals surface area contributed by atoms with E-state index in [0.717, 1.165) is 24.2 Å². The molecule has 8 nitrogen and oxygen atoms in total. The lowest BCUT2D eigenvalue weighted by Crippen LogP contribution is -2.44. The Morgan fingerprint density at radius 1 is 1.31 bits per heavy atom. The summed E-state index contributed by atoms with van der Waals surface area (Å²) in [4.78, 5) is 35.2. The molecule has 0 bridgehead atoms. The number of ether oxygens (including phenoxy) is 3. The fraction of sp³-hybridized carbons (Fsp3) is 0.476. The number of fused-ring (bicyclic) bond motifs is 1. The molecular weight excluding hydrogens is 376 g/mol. The first kappa shape index (κ1) is 22.3. The molecule has 0 saturated carbocycles. The van der Waals surface area contributed by atoms with Crippen LogP contribution in [-0.4, -0.2) is 43.3 Å². The molecular formula is C21H28N2O6. The van der Waals surface area contributed by atoms with Crippen molar-refractivity contribution >= 4 is 24.0 Å². The summed E-state index contributed by atoms with van der Waals surface area (Å²) in [5.74, 6) is -0.00433. The van der Waals surface area contributed by atoms with Gasteiger partial charge in [0.15, 0.2) is 6.61 Å². The van der Waals surface area contributed by atoms with Crippen LogP contribution in [-0.2, 0) is 20.7 Å². The number of hydrogen-bond acceptors (Lipinski definition) is 6. The molecule has 0 fully saturated rings. The lowest BCUT2D eigenvalue weighted by Gasteiger charge is -2.11. The smallest absolute Gasteiger partial charge is 0.331 e. The van der Waals surface area contributed by atoms with Crippen LogP contribution in [0.1, 0.15) is 45.2 Å². The Labute approximate surface area is 170 Å². The number of imide groups is 1. The molecule has 1 aliphatic heterocycles. The Morgan fingerprint density at radius 3 is 2.76 bits per heavy atom. The molecule has 0 radical (unpaired) electrons. The lowest BCUT2D eigenvalue weighted by molar-refractivity contribution is -0.143. The van der Waals surface area contributed by atoms with Crippen LogP contribution < -0.4 is 20.1 Å². The van der Waals surface area contributed by atoms with Crippen LogP contribution >= 0.6 is 0 Å². The minimum absolute atomic E-state index is 0.0629. The Morgan fingerprint density at radius 2 is 2.07 bits per heavy atom. The Bertz CT molecular complexity index is 790. The Balaban J connectivity index is 1.91. The normalized spacial score (nSPS) is 15.9. The van der Waals surface area contributed by atoms with Crippen molar-refractivity contribution in [3.63, 3.8) is 0 Å². The van der Waals surface area contributed by atoms with Crippen molar-refractivity contribution in [3.05, 3.63) is 29.3 Å². The van der Waals surface area contributed by atoms with E-state index in [0.29, 0.717) is 17.9 Å². The summed E-state index contributed by atoms with van der Waals surface area (Å²) in [6.45, 7) is 7.52. The molecule has 0 aliphatic carbocycles. The zero-order chi connectivity index (χ0) is 21.4. The summed E-state index contributed by atoms with van der Waals surface area (Å²) in [6, 6.07) is 3.05. The van der Waals surface area contributed by atoms with Gasteiger partial charge in [-0.05, 0) is 45.4 Å². The van der Waals surface area contributed by atoms with Gasteiger partial charge in [0.05, 0.1) is 6.61 Å². The van der Waals surface area contributed by atoms with Crippen LogP contribution in [0.3, 0.4) is 0 Å². The molecule has 2 N–H and O–H groups in total. The highest BCUT2D eigenvalue weighted by molar-refractivity contribution is 5.96. The summed E-state index contributed by atoms with van der Waals surface area (Å²) in [7, 11) is 0. The predicted octanol–water partition coefficient (Wildman–Crippen LogP) is 2.59. The van der Waals surface area contributed by atoms with Gasteiger partial charge in [0.2, 0.25) is 0 Å². The number of benzene rings is 1. The molecule has 3 amide bonds. The Kier molecular flexibility index (Phi) is 8.06. The van der Waals surface area contributed by atoms with Gasteiger partial charge in [-0.3, -0.25) is 10.1 Å². The number of nitrogens with one attached hydrogen (secondary N) is 2. The maximum absolute atomic E-state index is 11.9. The molecule has 8 heteroatoms. The highest BCUT2D eigenvalue weighted by atomic mass is 16.5. The second-order valence-corrected chi connectivity index (χ2v) is 6.84. The van der Waals surface area contributed by atoms with Gasteiger partial charge in [0.25, 0.3) is 5.91 Å². The zero-order valence-corrected chi connectivity index (χ0v) is 17.2. The largest absolute Gasteiger partial charge is 0.493 e. The third kappa shape index (κ3) is 6.81. The van der Waals surface area contributed by atoms with Crippen LogP contribution in [0.15, 0.2) is 18.2 Å². The standard InChI is InChI=1S/C21H28N2O6/c1-5-13(3)22-21(26)23-19(24)12-28-20(25)8-7-15-10-18-16(9-14(4)29-18)11-17(15)27-6-2/h7-8,10-11,13-14H,5-6,9,12H2,1-4H3,(H2,22,23,24,26)/b8-7+/t13-,14-/m0/s1. The van der Waals surface area contributed by atoms with Gasteiger partial charge >= 0.3 is 12.0 Å². The molecule has 0 spiro atoms. The fourth-order valence-electron chi connectivity index (χ4n) is 2.73. The summed E-state index contributed by atoms with van der Waals surface area (Å²) in [6.07, 6.45) is 4.39. The lowest BCUT2D eigenvalue weighted by atomic mass is 10.1. The average Bonchev–Trinajstić information content (AvgIpc) is 3.03. The van der Waals surface area contributed by atoms with Crippen molar-refractivity contribution in [2.24, 2.45) is 0 Å². The predicted molar refractivity (Wildman–Crippen MR) is 108 cm³/mol. The van der Waals surface area contributed by atoms with Gasteiger partial charge in [0, 0.05) is 29.7 Å². The second kappa shape index (κ2) is 10.5. The van der Waals surface area contributed by atoms with Gasteiger partial charge in [-0.2, -0.15) is 0 Å². The fourth-order valence-corrected chi connectivity index (χ4v) is 2.73. The summed E-state index contributed by atoms with van der Waals surface area (Å²) < 4.78 is 16.3. The van der Waals surface area contributed by atoms with E-state index < -0.39 is 24.5 Å². The molecule has 0 unspecified atom stereocenters. The molecule has 1 aromatic rings. The molecule has 1 heterocycles. The average molecular weight is 404 g/mol. The number of hydrogen-bond donors (Lipinski definition) is 2. The second-order valence-electron chi connectivity index (χ2n) is 6.84. The number of urea groups is 1. The molecule has 1 aliphatic rings. The summed E-state index contributed by atoms with van der Waals surface area (Å²) in [5, 5.41) is 4.69. The van der Waals surface area contributed by atoms with Crippen molar-refractivity contribution in [2.75, 3.05) is 13.2 Å². The zero-order valence-electron chi connectivity index (χ0n) is 17.2. The van der Waals surface area contributed by atoms with E-state index in [2.05, 4.69) is 10.6 Å². The first-order valence-electron chi connectivity index (χ1n) is 9.73. The van der Waals surface area contributed by atoms with Crippen molar-refractivity contribution in [1.29, 1.82) is 0 Å². The SMILES string of the molecule is CCOc1cc2c(cc1/C=C/C(=O)OCC(=O)NC(=O)N[C@@H](C)CC)O[C@@H](C)C2. The van der Waals surface area contributed by atoms with Gasteiger partial charge in [-0.1, -0.05) is 6.92 Å². The molecule has 1 aromatic carbocycles. The van der Waals surface area contributed by atoms with Gasteiger partial charge < -0.3 is 19.5 Å². The molecule has 29 heavy (non-hydrogen) atoms. The first-order valence-corrected chi connectivity index (χ1v) is 9.73. The van der Waals surface area contributed by atoms with E-state index >= 15 is 0 Å². The number of carbonyl (C=O) groups excluding carboxylic acids is 3. The van der Waals surface area contributed by atoms with E-state index in [-0.39, 0.29) is 12.1 Å². The number of esters is 1. The van der Waals surface area contributed by atoms with E-state index in [4.69, 9.17) is 14.2 Å². The monoisotopic (exact) mass is 404 g/mol. The highest BCUT2D eigenvalue weighted by Gasteiger charge is 2.21. The number of amides is 3. The van der Waals surface area contributed by atoms with Crippen LogP contribution in [0, 0.1) is 0 Å². The van der Waals surface area contributed by atoms with E-state index in [1.54, 1.807) is 6.08 Å². The maximum atomic E-state index is 11.9. The minimum Gasteiger partial charge on any atom is -0.493 e.